The lowest BCUT2D eigenvalue weighted by Gasteiger charge is -2.37. The number of fused-ring (bicyclic) bond motifs is 1. The summed E-state index contributed by atoms with van der Waals surface area (Å²) in [5.74, 6) is -1.21. The number of hydrogen-bond acceptors (Lipinski definition) is 4. The molecular formula is C22H30FN3O3. The molecule has 6 nitrogen and oxygen atoms in total. The number of aromatic nitrogens is 1. The molecule has 1 aromatic heterocycles. The van der Waals surface area contributed by atoms with Crippen LogP contribution in [0.3, 0.4) is 0 Å². The van der Waals surface area contributed by atoms with Crippen molar-refractivity contribution in [3.8, 4) is 0 Å². The van der Waals surface area contributed by atoms with Gasteiger partial charge < -0.3 is 14.6 Å². The molecule has 0 unspecified atom stereocenters. The van der Waals surface area contributed by atoms with Crippen LogP contribution in [0.15, 0.2) is 23.1 Å². The molecule has 7 heteroatoms. The maximum absolute atomic E-state index is 15.0. The van der Waals surface area contributed by atoms with Crippen molar-refractivity contribution in [1.29, 1.82) is 0 Å². The standard InChI is InChI=1S/C22H30FN3O3/c1-14(2)12-24-6-8-25(9-7-24)19-11-18-15(10-17(19)23)20(27)16(21(28)29)13-26(18)22(3,4)5/h10-11,13-14H,6-9,12H2,1-5H3,(H,28,29). The fourth-order valence-corrected chi connectivity index (χ4v) is 3.97. The van der Waals surface area contributed by atoms with E-state index >= 15 is 4.39 Å². The smallest absolute Gasteiger partial charge is 0.341 e. The van der Waals surface area contributed by atoms with Gasteiger partial charge in [-0.05, 0) is 38.8 Å². The summed E-state index contributed by atoms with van der Waals surface area (Å²) in [5, 5.41) is 9.51. The summed E-state index contributed by atoms with van der Waals surface area (Å²) in [6.07, 6.45) is 1.37. The second kappa shape index (κ2) is 7.78. The fourth-order valence-electron chi connectivity index (χ4n) is 3.97. The zero-order chi connectivity index (χ0) is 21.5. The van der Waals surface area contributed by atoms with Crippen molar-refractivity contribution in [3.63, 3.8) is 0 Å². The Labute approximate surface area is 170 Å². The molecule has 0 saturated carbocycles. The minimum Gasteiger partial charge on any atom is -0.477 e. The Kier molecular flexibility index (Phi) is 5.72. The van der Waals surface area contributed by atoms with Crippen LogP contribution in [0.1, 0.15) is 45.0 Å². The average Bonchev–Trinajstić information content (AvgIpc) is 2.61. The van der Waals surface area contributed by atoms with Gasteiger partial charge in [-0.3, -0.25) is 9.69 Å². The Morgan fingerprint density at radius 1 is 1.17 bits per heavy atom. The highest BCUT2D eigenvalue weighted by Crippen LogP contribution is 2.29. The van der Waals surface area contributed by atoms with Gasteiger partial charge in [0, 0.05) is 49.8 Å². The third kappa shape index (κ3) is 4.29. The fraction of sp³-hybridized carbons (Fsp3) is 0.545. The summed E-state index contributed by atoms with van der Waals surface area (Å²) in [6.45, 7) is 14.3. The molecule has 0 radical (unpaired) electrons. The van der Waals surface area contributed by atoms with E-state index in [1.165, 1.54) is 12.3 Å². The van der Waals surface area contributed by atoms with E-state index in [1.807, 2.05) is 25.7 Å². The molecule has 3 rings (SSSR count). The van der Waals surface area contributed by atoms with Crippen molar-refractivity contribution >= 4 is 22.6 Å². The average molecular weight is 403 g/mol. The van der Waals surface area contributed by atoms with Gasteiger partial charge in [-0.2, -0.15) is 0 Å². The Morgan fingerprint density at radius 2 is 1.79 bits per heavy atom. The number of rotatable bonds is 4. The number of carboxylic acid groups (broad SMARTS) is 1. The van der Waals surface area contributed by atoms with E-state index in [4.69, 9.17) is 0 Å². The van der Waals surface area contributed by atoms with Crippen LogP contribution in [0.25, 0.3) is 10.9 Å². The molecule has 0 bridgehead atoms. The SMILES string of the molecule is CC(C)CN1CCN(c2cc3c(cc2F)c(=O)c(C(=O)O)cn3C(C)(C)C)CC1. The van der Waals surface area contributed by atoms with Crippen LogP contribution in [0, 0.1) is 11.7 Å². The number of nitrogens with zero attached hydrogens (tertiary/aromatic N) is 3. The largest absolute Gasteiger partial charge is 0.477 e. The number of anilines is 1. The zero-order valence-electron chi connectivity index (χ0n) is 17.8. The van der Waals surface area contributed by atoms with Crippen LogP contribution in [0.4, 0.5) is 10.1 Å². The molecule has 1 fully saturated rings. The van der Waals surface area contributed by atoms with E-state index in [-0.39, 0.29) is 10.9 Å². The molecule has 2 aromatic rings. The van der Waals surface area contributed by atoms with Crippen LogP contribution in [0.5, 0.6) is 0 Å². The lowest BCUT2D eigenvalue weighted by Crippen LogP contribution is -2.47. The Bertz CT molecular complexity index is 983. The van der Waals surface area contributed by atoms with E-state index in [2.05, 4.69) is 18.7 Å². The monoisotopic (exact) mass is 403 g/mol. The zero-order valence-corrected chi connectivity index (χ0v) is 17.8. The molecule has 1 aliphatic rings. The quantitative estimate of drug-likeness (QED) is 0.848. The maximum atomic E-state index is 15.0. The summed E-state index contributed by atoms with van der Waals surface area (Å²) < 4.78 is 16.8. The molecule has 1 saturated heterocycles. The summed E-state index contributed by atoms with van der Waals surface area (Å²) in [5.41, 5.74) is -0.459. The van der Waals surface area contributed by atoms with Crippen molar-refractivity contribution in [2.24, 2.45) is 5.92 Å². The van der Waals surface area contributed by atoms with E-state index in [0.717, 1.165) is 19.6 Å². The number of halogens is 1. The number of piperazine rings is 1. The lowest BCUT2D eigenvalue weighted by molar-refractivity contribution is 0.0694. The van der Waals surface area contributed by atoms with E-state index < -0.39 is 22.8 Å². The minimum atomic E-state index is -1.30. The summed E-state index contributed by atoms with van der Waals surface area (Å²) in [7, 11) is 0. The van der Waals surface area contributed by atoms with Gasteiger partial charge in [0.2, 0.25) is 5.43 Å². The highest BCUT2D eigenvalue weighted by Gasteiger charge is 2.25. The highest BCUT2D eigenvalue weighted by atomic mass is 19.1. The first-order chi connectivity index (χ1) is 13.5. The first-order valence-electron chi connectivity index (χ1n) is 10.1. The van der Waals surface area contributed by atoms with Gasteiger partial charge in [0.1, 0.15) is 11.4 Å². The topological polar surface area (TPSA) is 65.8 Å². The van der Waals surface area contributed by atoms with E-state index in [9.17, 15) is 14.7 Å². The number of benzene rings is 1. The molecule has 29 heavy (non-hydrogen) atoms. The molecule has 0 aliphatic carbocycles. The molecule has 1 aliphatic heterocycles. The van der Waals surface area contributed by atoms with Gasteiger partial charge in [0.05, 0.1) is 11.2 Å². The van der Waals surface area contributed by atoms with Gasteiger partial charge in [-0.1, -0.05) is 13.8 Å². The third-order valence-corrected chi connectivity index (χ3v) is 5.36. The van der Waals surface area contributed by atoms with Gasteiger partial charge in [-0.15, -0.1) is 0 Å². The molecule has 0 amide bonds. The first-order valence-corrected chi connectivity index (χ1v) is 10.1. The van der Waals surface area contributed by atoms with E-state index in [1.54, 1.807) is 10.6 Å². The Morgan fingerprint density at radius 3 is 2.31 bits per heavy atom. The molecule has 158 valence electrons. The van der Waals surface area contributed by atoms with Crippen LogP contribution in [0.2, 0.25) is 0 Å². The van der Waals surface area contributed by atoms with Crippen LogP contribution in [-0.4, -0.2) is 53.3 Å². The van der Waals surface area contributed by atoms with Crippen LogP contribution >= 0.6 is 0 Å². The molecule has 0 atom stereocenters. The van der Waals surface area contributed by atoms with Crippen LogP contribution < -0.4 is 10.3 Å². The number of hydrogen-bond donors (Lipinski definition) is 1. The maximum Gasteiger partial charge on any atom is 0.341 e. The second-order valence-corrected chi connectivity index (χ2v) is 9.22. The summed E-state index contributed by atoms with van der Waals surface area (Å²) in [4.78, 5) is 28.6. The Balaban J connectivity index is 2.08. The van der Waals surface area contributed by atoms with Crippen molar-refractivity contribution in [3.05, 3.63) is 39.9 Å². The molecule has 1 aromatic carbocycles. The predicted molar refractivity (Wildman–Crippen MR) is 114 cm³/mol. The van der Waals surface area contributed by atoms with Gasteiger partial charge >= 0.3 is 5.97 Å². The second-order valence-electron chi connectivity index (χ2n) is 9.22. The van der Waals surface area contributed by atoms with Gasteiger partial charge in [0.15, 0.2) is 0 Å². The Hall–Kier alpha value is -2.41. The van der Waals surface area contributed by atoms with Crippen LogP contribution in [-0.2, 0) is 5.54 Å². The number of pyridine rings is 1. The number of aromatic carboxylic acids is 1. The number of carboxylic acids is 1. The van der Waals surface area contributed by atoms with E-state index in [0.29, 0.717) is 30.2 Å². The molecular weight excluding hydrogens is 373 g/mol. The first kappa shape index (κ1) is 21.3. The normalized spacial score (nSPS) is 16.0. The van der Waals surface area contributed by atoms with Gasteiger partial charge in [-0.25, -0.2) is 9.18 Å². The molecule has 0 spiro atoms. The van der Waals surface area contributed by atoms with Crippen molar-refractivity contribution in [2.45, 2.75) is 40.2 Å². The minimum absolute atomic E-state index is 0.0968. The third-order valence-electron chi connectivity index (χ3n) is 5.36. The molecule has 2 heterocycles. The summed E-state index contributed by atoms with van der Waals surface area (Å²) >= 11 is 0. The van der Waals surface area contributed by atoms with Gasteiger partial charge in [0.25, 0.3) is 0 Å². The molecule has 1 N–H and O–H groups in total. The van der Waals surface area contributed by atoms with Crippen molar-refractivity contribution in [2.75, 3.05) is 37.6 Å². The summed E-state index contributed by atoms with van der Waals surface area (Å²) in [6, 6.07) is 2.89. The predicted octanol–water partition coefficient (Wildman–Crippen LogP) is 3.37. The highest BCUT2D eigenvalue weighted by molar-refractivity contribution is 5.93. The number of carbonyl (C=O) groups is 1. The van der Waals surface area contributed by atoms with Crippen molar-refractivity contribution in [1.82, 2.24) is 9.47 Å². The van der Waals surface area contributed by atoms with Crippen molar-refractivity contribution < 1.29 is 14.3 Å². The lowest BCUT2D eigenvalue weighted by atomic mass is 10.0.